The molecule has 0 spiro atoms. The van der Waals surface area contributed by atoms with Crippen molar-refractivity contribution in [2.45, 2.75) is 40.9 Å². The summed E-state index contributed by atoms with van der Waals surface area (Å²) >= 11 is -2.96. The van der Waals surface area contributed by atoms with Gasteiger partial charge >= 0.3 is 312 Å². The molecule has 260 valence electrons. The van der Waals surface area contributed by atoms with E-state index in [2.05, 4.69) is 185 Å². The van der Waals surface area contributed by atoms with Gasteiger partial charge in [0.05, 0.1) is 0 Å². The minimum atomic E-state index is -2.96. The van der Waals surface area contributed by atoms with Crippen molar-refractivity contribution in [3.8, 4) is 22.3 Å². The van der Waals surface area contributed by atoms with Crippen molar-refractivity contribution in [3.63, 3.8) is 0 Å². The Morgan fingerprint density at radius 3 is 1.64 bits per heavy atom. The number of benzene rings is 7. The topological polar surface area (TPSA) is 0 Å². The molecular formula is C50H42Cl2Zr. The van der Waals surface area contributed by atoms with E-state index in [9.17, 15) is 0 Å². The molecule has 0 saturated carbocycles. The molecular weight excluding hydrogens is 763 g/mol. The van der Waals surface area contributed by atoms with Gasteiger partial charge in [-0.25, -0.2) is 0 Å². The smallest absolute Gasteiger partial charge is 1.00 e. The second kappa shape index (κ2) is 15.7. The van der Waals surface area contributed by atoms with E-state index in [0.717, 1.165) is 12.8 Å². The van der Waals surface area contributed by atoms with Gasteiger partial charge in [-0.1, -0.05) is 0 Å². The van der Waals surface area contributed by atoms with E-state index in [1.165, 1.54) is 72.0 Å². The van der Waals surface area contributed by atoms with Gasteiger partial charge in [-0.05, 0) is 0 Å². The molecule has 1 unspecified atom stereocenters. The average Bonchev–Trinajstić information content (AvgIpc) is 3.70. The Bertz CT molecular complexity index is 2420. The van der Waals surface area contributed by atoms with Crippen LogP contribution in [0.4, 0.5) is 0 Å². The van der Waals surface area contributed by atoms with Crippen molar-refractivity contribution in [3.05, 3.63) is 208 Å². The van der Waals surface area contributed by atoms with Crippen LogP contribution in [-0.4, -0.2) is 3.21 Å². The summed E-state index contributed by atoms with van der Waals surface area (Å²) in [5.41, 5.74) is 18.7. The third-order valence-electron chi connectivity index (χ3n) is 11.3. The van der Waals surface area contributed by atoms with Crippen molar-refractivity contribution in [2.24, 2.45) is 0 Å². The van der Waals surface area contributed by atoms with Gasteiger partial charge in [0, 0.05) is 0 Å². The third-order valence-corrected chi connectivity index (χ3v) is 20.6. The van der Waals surface area contributed by atoms with Gasteiger partial charge in [0.1, 0.15) is 0 Å². The molecule has 0 aliphatic heterocycles. The van der Waals surface area contributed by atoms with Crippen molar-refractivity contribution in [1.29, 1.82) is 0 Å². The molecule has 0 aromatic heterocycles. The Morgan fingerprint density at radius 2 is 1.06 bits per heavy atom. The third kappa shape index (κ3) is 6.57. The SMILES string of the molecule is CCc1ccc2c(c1)[CH]([Zr+2](=[C](c1ccccc1)c1ccccc1)[CH]1C(C)=Cc3c(-c4ccc5ccccc5c4)cccc31)c1cc(CC)ccc1-2.[Cl-].[Cl-]. The van der Waals surface area contributed by atoms with E-state index < -0.39 is 21.3 Å². The molecule has 0 saturated heterocycles. The molecule has 7 aromatic carbocycles. The molecule has 1 atom stereocenters. The fourth-order valence-corrected chi connectivity index (χ4v) is 19.2. The largest absolute Gasteiger partial charge is 1.00 e. The standard InChI is InChI=1S/C20H15.C17H17.C13H10.2ClH.Zr/c1-14-11-17-7-4-8-19(20(17)12-14)18-10-9-15-5-2-3-6-16(15)13-18;1-3-12-5-7-16-14(9-12)11-15-10-13(4-2)6-8-17(15)16;1-3-7-12(8-4-1)11-13-9-5-2-6-10-13;;;/h2-13H,1H3;5-11H,3-4H2,1-2H3;1-10H;2*1H;/q;;;;;+2/p-2. The van der Waals surface area contributed by atoms with Crippen molar-refractivity contribution in [2.75, 3.05) is 0 Å². The first-order valence-corrected chi connectivity index (χ1v) is 22.6. The van der Waals surface area contributed by atoms with Crippen LogP contribution in [0.3, 0.4) is 0 Å². The summed E-state index contributed by atoms with van der Waals surface area (Å²) in [6.45, 7) is 7.03. The molecule has 0 nitrogen and oxygen atoms in total. The van der Waals surface area contributed by atoms with Crippen LogP contribution in [0.25, 0.3) is 39.1 Å². The fourth-order valence-electron chi connectivity index (χ4n) is 8.87. The van der Waals surface area contributed by atoms with Crippen LogP contribution in [0.15, 0.2) is 163 Å². The van der Waals surface area contributed by atoms with Gasteiger partial charge in [-0.3, -0.25) is 0 Å². The zero-order valence-corrected chi connectivity index (χ0v) is 34.4. The molecule has 0 bridgehead atoms. The first-order valence-electron chi connectivity index (χ1n) is 18.5. The number of hydrogen-bond acceptors (Lipinski definition) is 0. The number of hydrogen-bond donors (Lipinski definition) is 0. The monoisotopic (exact) mass is 802 g/mol. The first kappa shape index (κ1) is 37.2. The minimum Gasteiger partial charge on any atom is -1.00 e. The second-order valence-corrected chi connectivity index (χ2v) is 20.5. The van der Waals surface area contributed by atoms with E-state index in [1.54, 1.807) is 14.3 Å². The molecule has 0 heterocycles. The van der Waals surface area contributed by atoms with Crippen LogP contribution in [0.2, 0.25) is 0 Å². The normalized spacial score (nSPS) is 13.8. The Morgan fingerprint density at radius 1 is 0.491 bits per heavy atom. The van der Waals surface area contributed by atoms with Gasteiger partial charge in [0.2, 0.25) is 0 Å². The van der Waals surface area contributed by atoms with E-state index in [-0.39, 0.29) is 24.8 Å². The number of halogens is 2. The van der Waals surface area contributed by atoms with Crippen molar-refractivity contribution < 1.29 is 46.1 Å². The molecule has 0 fully saturated rings. The van der Waals surface area contributed by atoms with Crippen LogP contribution in [0, 0.1) is 0 Å². The van der Waals surface area contributed by atoms with Crippen LogP contribution < -0.4 is 24.8 Å². The number of aryl methyl sites for hydroxylation is 2. The number of allylic oxidation sites excluding steroid dienone is 1. The molecule has 0 N–H and O–H groups in total. The zero-order valence-electron chi connectivity index (χ0n) is 30.4. The van der Waals surface area contributed by atoms with Gasteiger partial charge in [0.25, 0.3) is 0 Å². The van der Waals surface area contributed by atoms with Crippen LogP contribution in [0.5, 0.6) is 0 Å². The van der Waals surface area contributed by atoms with Crippen LogP contribution in [-0.2, 0) is 34.1 Å². The fraction of sp³-hybridized carbons (Fsp3) is 0.140. The van der Waals surface area contributed by atoms with Gasteiger partial charge in [-0.15, -0.1) is 0 Å². The number of rotatable bonds is 7. The summed E-state index contributed by atoms with van der Waals surface area (Å²) in [5.74, 6) is 0. The molecule has 0 amide bonds. The molecule has 53 heavy (non-hydrogen) atoms. The van der Waals surface area contributed by atoms with Crippen molar-refractivity contribution >= 4 is 20.1 Å². The summed E-state index contributed by atoms with van der Waals surface area (Å²) < 4.78 is 2.39. The maximum Gasteiger partial charge on any atom is -1.00 e. The summed E-state index contributed by atoms with van der Waals surface area (Å²) in [7, 11) is 0. The van der Waals surface area contributed by atoms with Gasteiger partial charge in [-0.2, -0.15) is 0 Å². The van der Waals surface area contributed by atoms with Gasteiger partial charge < -0.3 is 24.8 Å². The quantitative estimate of drug-likeness (QED) is 0.167. The molecule has 7 aromatic rings. The van der Waals surface area contributed by atoms with E-state index in [4.69, 9.17) is 0 Å². The summed E-state index contributed by atoms with van der Waals surface area (Å²) in [6.07, 6.45) is 4.65. The maximum atomic E-state index is 2.58. The molecule has 3 heteroatoms. The van der Waals surface area contributed by atoms with Crippen molar-refractivity contribution in [1.82, 2.24) is 0 Å². The van der Waals surface area contributed by atoms with E-state index in [1.807, 2.05) is 0 Å². The second-order valence-electron chi connectivity index (χ2n) is 14.2. The summed E-state index contributed by atoms with van der Waals surface area (Å²) in [5, 5.41) is 2.58. The van der Waals surface area contributed by atoms with Crippen LogP contribution in [0.1, 0.15) is 72.5 Å². The summed E-state index contributed by atoms with van der Waals surface area (Å²) in [4.78, 5) is 0. The van der Waals surface area contributed by atoms with E-state index >= 15 is 0 Å². The molecule has 9 rings (SSSR count). The van der Waals surface area contributed by atoms with E-state index in [0.29, 0.717) is 7.25 Å². The maximum absolute atomic E-state index is 2.96. The van der Waals surface area contributed by atoms with Gasteiger partial charge in [0.15, 0.2) is 0 Å². The Labute approximate surface area is 334 Å². The molecule has 0 radical (unpaired) electrons. The van der Waals surface area contributed by atoms with Crippen LogP contribution >= 0.6 is 0 Å². The average molecular weight is 805 g/mol. The number of fused-ring (bicyclic) bond motifs is 5. The minimum absolute atomic E-state index is 0. The predicted molar refractivity (Wildman–Crippen MR) is 214 cm³/mol. The first-order chi connectivity index (χ1) is 25.1. The predicted octanol–water partition coefficient (Wildman–Crippen LogP) is 6.75. The summed E-state index contributed by atoms with van der Waals surface area (Å²) in [6, 6.07) is 60.5. The molecule has 2 aliphatic rings. The Kier molecular flexibility index (Phi) is 11.0. The Hall–Kier alpha value is -4.13. The Balaban J connectivity index is 0.00000218. The molecule has 2 aliphatic carbocycles. The zero-order chi connectivity index (χ0) is 34.5.